The van der Waals surface area contributed by atoms with E-state index in [0.717, 1.165) is 37.0 Å². The van der Waals surface area contributed by atoms with Gasteiger partial charge < -0.3 is 14.4 Å². The summed E-state index contributed by atoms with van der Waals surface area (Å²) >= 11 is 0. The number of nitrogens with zero attached hydrogens (tertiary/aromatic N) is 1. The molecule has 1 aliphatic heterocycles. The van der Waals surface area contributed by atoms with Crippen molar-refractivity contribution >= 4 is 0 Å². The fourth-order valence-corrected chi connectivity index (χ4v) is 2.64. The monoisotopic (exact) mass is 263 g/mol. The Hall–Kier alpha value is -1.22. The molecule has 106 valence electrons. The van der Waals surface area contributed by atoms with Crippen molar-refractivity contribution in [3.8, 4) is 11.5 Å². The van der Waals surface area contributed by atoms with Crippen molar-refractivity contribution in [3.63, 3.8) is 0 Å². The maximum Gasteiger partial charge on any atom is 0.119 e. The van der Waals surface area contributed by atoms with E-state index in [0.29, 0.717) is 0 Å². The number of likely N-dealkylation sites (tertiary alicyclic amines) is 1. The standard InChI is InChI=1S/C16H25NO2/c1-14-5-3-10-17(13-14)11-4-12-19-16-8-6-15(18-2)7-9-16/h6-9,14H,3-5,10-13H2,1-2H3/t14-/m0/s1. The summed E-state index contributed by atoms with van der Waals surface area (Å²) in [5, 5.41) is 0. The van der Waals surface area contributed by atoms with Crippen molar-refractivity contribution in [1.29, 1.82) is 0 Å². The molecule has 0 aromatic heterocycles. The van der Waals surface area contributed by atoms with Crippen LogP contribution in [0.3, 0.4) is 0 Å². The van der Waals surface area contributed by atoms with Crippen molar-refractivity contribution in [2.45, 2.75) is 26.2 Å². The normalized spacial score (nSPS) is 20.2. The molecule has 0 bridgehead atoms. The van der Waals surface area contributed by atoms with Crippen molar-refractivity contribution in [3.05, 3.63) is 24.3 Å². The van der Waals surface area contributed by atoms with Crippen LogP contribution in [0.15, 0.2) is 24.3 Å². The molecule has 0 spiro atoms. The Labute approximate surface area is 116 Å². The highest BCUT2D eigenvalue weighted by Crippen LogP contribution is 2.18. The largest absolute Gasteiger partial charge is 0.497 e. The molecule has 1 atom stereocenters. The van der Waals surface area contributed by atoms with Gasteiger partial charge in [0.05, 0.1) is 13.7 Å². The molecule has 0 aliphatic carbocycles. The van der Waals surface area contributed by atoms with Crippen molar-refractivity contribution < 1.29 is 9.47 Å². The molecule has 1 saturated heterocycles. The van der Waals surface area contributed by atoms with Crippen LogP contribution in [0.2, 0.25) is 0 Å². The minimum Gasteiger partial charge on any atom is -0.497 e. The van der Waals surface area contributed by atoms with Gasteiger partial charge in [-0.3, -0.25) is 0 Å². The first-order chi connectivity index (χ1) is 9.28. The second kappa shape index (κ2) is 7.39. The van der Waals surface area contributed by atoms with E-state index in [-0.39, 0.29) is 0 Å². The lowest BCUT2D eigenvalue weighted by Crippen LogP contribution is -2.35. The Morgan fingerprint density at radius 3 is 2.63 bits per heavy atom. The van der Waals surface area contributed by atoms with Gasteiger partial charge in [-0.05, 0) is 56.0 Å². The van der Waals surface area contributed by atoms with E-state index < -0.39 is 0 Å². The number of hydrogen-bond donors (Lipinski definition) is 0. The summed E-state index contributed by atoms with van der Waals surface area (Å²) in [4.78, 5) is 2.56. The number of benzene rings is 1. The summed E-state index contributed by atoms with van der Waals surface area (Å²) in [5.74, 6) is 2.65. The van der Waals surface area contributed by atoms with E-state index >= 15 is 0 Å². The summed E-state index contributed by atoms with van der Waals surface area (Å²) in [6.45, 7) is 6.80. The number of ether oxygens (including phenoxy) is 2. The Balaban J connectivity index is 1.63. The highest BCUT2D eigenvalue weighted by molar-refractivity contribution is 5.31. The number of rotatable bonds is 6. The third-order valence-corrected chi connectivity index (χ3v) is 3.69. The first kappa shape index (κ1) is 14.2. The van der Waals surface area contributed by atoms with Crippen LogP contribution in [-0.4, -0.2) is 38.3 Å². The zero-order chi connectivity index (χ0) is 13.5. The van der Waals surface area contributed by atoms with Crippen LogP contribution in [0.4, 0.5) is 0 Å². The number of methoxy groups -OCH3 is 1. The molecule has 0 amide bonds. The zero-order valence-electron chi connectivity index (χ0n) is 12.1. The summed E-state index contributed by atoms with van der Waals surface area (Å²) < 4.78 is 10.9. The smallest absolute Gasteiger partial charge is 0.119 e. The quantitative estimate of drug-likeness (QED) is 0.736. The molecule has 3 nitrogen and oxygen atoms in total. The predicted molar refractivity (Wildman–Crippen MR) is 77.9 cm³/mol. The molecule has 0 radical (unpaired) electrons. The molecule has 1 aromatic rings. The summed E-state index contributed by atoms with van der Waals surface area (Å²) in [7, 11) is 1.68. The average molecular weight is 263 g/mol. The van der Waals surface area contributed by atoms with Crippen molar-refractivity contribution in [1.82, 2.24) is 4.90 Å². The van der Waals surface area contributed by atoms with Crippen LogP contribution < -0.4 is 9.47 Å². The molecule has 0 N–H and O–H groups in total. The molecule has 2 rings (SSSR count). The van der Waals surface area contributed by atoms with Gasteiger partial charge in [0.2, 0.25) is 0 Å². The van der Waals surface area contributed by atoms with Gasteiger partial charge in [0, 0.05) is 13.1 Å². The van der Waals surface area contributed by atoms with Gasteiger partial charge in [0.15, 0.2) is 0 Å². The third kappa shape index (κ3) is 4.75. The van der Waals surface area contributed by atoms with Crippen LogP contribution in [0.1, 0.15) is 26.2 Å². The minimum absolute atomic E-state index is 0.789. The third-order valence-electron chi connectivity index (χ3n) is 3.69. The van der Waals surface area contributed by atoms with E-state index in [2.05, 4.69) is 11.8 Å². The lowest BCUT2D eigenvalue weighted by atomic mass is 10.0. The van der Waals surface area contributed by atoms with Crippen LogP contribution in [0, 0.1) is 5.92 Å². The van der Waals surface area contributed by atoms with Crippen molar-refractivity contribution in [2.75, 3.05) is 33.4 Å². The molecular formula is C16H25NO2. The van der Waals surface area contributed by atoms with Gasteiger partial charge >= 0.3 is 0 Å². The first-order valence-electron chi connectivity index (χ1n) is 7.27. The van der Waals surface area contributed by atoms with Crippen LogP contribution in [0.25, 0.3) is 0 Å². The van der Waals surface area contributed by atoms with E-state index in [1.54, 1.807) is 7.11 Å². The summed E-state index contributed by atoms with van der Waals surface area (Å²) in [5.41, 5.74) is 0. The van der Waals surface area contributed by atoms with E-state index in [9.17, 15) is 0 Å². The van der Waals surface area contributed by atoms with Gasteiger partial charge in [0.25, 0.3) is 0 Å². The second-order valence-corrected chi connectivity index (χ2v) is 5.43. The van der Waals surface area contributed by atoms with Crippen LogP contribution >= 0.6 is 0 Å². The van der Waals surface area contributed by atoms with Crippen LogP contribution in [0.5, 0.6) is 11.5 Å². The molecule has 1 aromatic carbocycles. The molecule has 3 heteroatoms. The Bertz CT molecular complexity index is 364. The van der Waals surface area contributed by atoms with Gasteiger partial charge in [-0.1, -0.05) is 6.92 Å². The maximum atomic E-state index is 5.74. The fourth-order valence-electron chi connectivity index (χ4n) is 2.64. The molecule has 1 aliphatic rings. The van der Waals surface area contributed by atoms with E-state index in [4.69, 9.17) is 9.47 Å². The molecule has 1 fully saturated rings. The molecule has 0 unspecified atom stereocenters. The summed E-state index contributed by atoms with van der Waals surface area (Å²) in [6.07, 6.45) is 3.83. The first-order valence-corrected chi connectivity index (χ1v) is 7.27. The summed E-state index contributed by atoms with van der Waals surface area (Å²) in [6, 6.07) is 7.78. The molecular weight excluding hydrogens is 238 g/mol. The molecule has 0 saturated carbocycles. The molecule has 19 heavy (non-hydrogen) atoms. The highest BCUT2D eigenvalue weighted by Gasteiger charge is 2.15. The van der Waals surface area contributed by atoms with Gasteiger partial charge in [0.1, 0.15) is 11.5 Å². The molecule has 1 heterocycles. The van der Waals surface area contributed by atoms with Gasteiger partial charge in [-0.15, -0.1) is 0 Å². The van der Waals surface area contributed by atoms with Crippen LogP contribution in [-0.2, 0) is 0 Å². The SMILES string of the molecule is COc1ccc(OCCCN2CCC[C@H](C)C2)cc1. The fraction of sp³-hybridized carbons (Fsp3) is 0.625. The average Bonchev–Trinajstić information content (AvgIpc) is 2.44. The van der Waals surface area contributed by atoms with Gasteiger partial charge in [-0.2, -0.15) is 0 Å². The Morgan fingerprint density at radius 1 is 1.21 bits per heavy atom. The lowest BCUT2D eigenvalue weighted by molar-refractivity contribution is 0.170. The van der Waals surface area contributed by atoms with Crippen molar-refractivity contribution in [2.24, 2.45) is 5.92 Å². The Kier molecular flexibility index (Phi) is 5.52. The topological polar surface area (TPSA) is 21.7 Å². The predicted octanol–water partition coefficient (Wildman–Crippen LogP) is 3.20. The van der Waals surface area contributed by atoms with E-state index in [1.807, 2.05) is 24.3 Å². The minimum atomic E-state index is 0.789. The lowest BCUT2D eigenvalue weighted by Gasteiger charge is -2.30. The Morgan fingerprint density at radius 2 is 1.95 bits per heavy atom. The second-order valence-electron chi connectivity index (χ2n) is 5.43. The number of hydrogen-bond acceptors (Lipinski definition) is 3. The highest BCUT2D eigenvalue weighted by atomic mass is 16.5. The van der Waals surface area contributed by atoms with E-state index in [1.165, 1.54) is 25.9 Å². The number of piperidine rings is 1. The zero-order valence-corrected chi connectivity index (χ0v) is 12.1. The maximum absolute atomic E-state index is 5.74. The van der Waals surface area contributed by atoms with Gasteiger partial charge in [-0.25, -0.2) is 0 Å².